The maximum absolute atomic E-state index is 12.4. The monoisotopic (exact) mass is 478 g/mol. The quantitative estimate of drug-likeness (QED) is 0.362. The number of nitrogens with one attached hydrogen (secondary N) is 3. The van der Waals surface area contributed by atoms with E-state index in [4.69, 9.17) is 0 Å². The largest absolute Gasteiger partial charge is 0.338 e. The van der Waals surface area contributed by atoms with E-state index in [-0.39, 0.29) is 23.1 Å². The Kier molecular flexibility index (Phi) is 5.60. The van der Waals surface area contributed by atoms with Crippen LogP contribution in [0.2, 0.25) is 0 Å². The van der Waals surface area contributed by atoms with Crippen molar-refractivity contribution in [2.45, 2.75) is 25.1 Å². The van der Waals surface area contributed by atoms with Gasteiger partial charge in [-0.25, -0.2) is 4.98 Å². The molecule has 166 valence electrons. The molecule has 0 bridgehead atoms. The Morgan fingerprint density at radius 3 is 2.55 bits per heavy atom. The lowest BCUT2D eigenvalue weighted by Crippen LogP contribution is -2.30. The number of aromatic amines is 1. The van der Waals surface area contributed by atoms with E-state index in [9.17, 15) is 9.59 Å². The summed E-state index contributed by atoms with van der Waals surface area (Å²) in [7, 11) is 0. The average Bonchev–Trinajstić information content (AvgIpc) is 3.53. The van der Waals surface area contributed by atoms with E-state index in [1.54, 1.807) is 13.0 Å². The number of hydrogen-bond donors (Lipinski definition) is 3. The summed E-state index contributed by atoms with van der Waals surface area (Å²) in [5.74, 6) is 0.325. The molecule has 2 atom stereocenters. The van der Waals surface area contributed by atoms with Gasteiger partial charge in [-0.05, 0) is 67.8 Å². The van der Waals surface area contributed by atoms with Gasteiger partial charge in [0.05, 0.1) is 22.8 Å². The van der Waals surface area contributed by atoms with Crippen LogP contribution in [0.4, 0.5) is 11.4 Å². The van der Waals surface area contributed by atoms with Crippen LogP contribution in [0.15, 0.2) is 52.1 Å². The topological polar surface area (TPSA) is 137 Å². The van der Waals surface area contributed by atoms with Crippen LogP contribution in [0.1, 0.15) is 22.3 Å². The number of hydrogen-bond acceptors (Lipinski definition) is 9. The number of carbonyl (C=O) groups excluding carboxylic acids is 2. The molecular weight excluding hydrogens is 460 g/mol. The molecule has 33 heavy (non-hydrogen) atoms. The van der Waals surface area contributed by atoms with Crippen molar-refractivity contribution in [3.63, 3.8) is 0 Å². The van der Waals surface area contributed by atoms with Crippen LogP contribution in [0.5, 0.6) is 0 Å². The normalized spacial score (nSPS) is 17.4. The number of benzene rings is 2. The van der Waals surface area contributed by atoms with E-state index in [1.165, 1.54) is 11.9 Å². The first-order chi connectivity index (χ1) is 16.0. The fourth-order valence-electron chi connectivity index (χ4n) is 3.34. The fraction of sp³-hybridized carbons (Fsp3) is 0.190. The number of nitrogens with zero attached hydrogens (tertiary/aromatic N) is 5. The smallest absolute Gasteiger partial charge is 0.269 e. The van der Waals surface area contributed by atoms with Gasteiger partial charge in [0, 0.05) is 28.9 Å². The number of amides is 2. The first-order valence-corrected chi connectivity index (χ1v) is 11.7. The highest BCUT2D eigenvalue weighted by atomic mass is 32.2. The molecule has 10 nitrogen and oxygen atoms in total. The van der Waals surface area contributed by atoms with Crippen molar-refractivity contribution in [2.75, 3.05) is 10.6 Å². The number of aryl methyl sites for hydroxylation is 1. The van der Waals surface area contributed by atoms with Gasteiger partial charge in [0.25, 0.3) is 5.91 Å². The van der Waals surface area contributed by atoms with E-state index in [0.717, 1.165) is 28.1 Å². The number of fused-ring (bicyclic) bond motifs is 1. The maximum Gasteiger partial charge on any atom is 0.269 e. The molecule has 4 aromatic rings. The highest BCUT2D eigenvalue weighted by Crippen LogP contribution is 2.28. The summed E-state index contributed by atoms with van der Waals surface area (Å²) in [6, 6.07) is 12.8. The summed E-state index contributed by atoms with van der Waals surface area (Å²) in [5, 5.41) is 13.3. The molecule has 2 aromatic heterocycles. The third kappa shape index (κ3) is 4.34. The molecule has 0 aliphatic carbocycles. The van der Waals surface area contributed by atoms with Crippen molar-refractivity contribution in [2.24, 2.45) is 9.63 Å². The zero-order chi connectivity index (χ0) is 22.9. The van der Waals surface area contributed by atoms with Crippen LogP contribution >= 0.6 is 23.5 Å². The van der Waals surface area contributed by atoms with Gasteiger partial charge >= 0.3 is 0 Å². The first kappa shape index (κ1) is 21.2. The van der Waals surface area contributed by atoms with E-state index in [0.29, 0.717) is 27.8 Å². The summed E-state index contributed by atoms with van der Waals surface area (Å²) in [6.45, 7) is 3.62. The lowest BCUT2D eigenvalue weighted by atomic mass is 10.2. The molecule has 0 radical (unpaired) electrons. The predicted octanol–water partition coefficient (Wildman–Crippen LogP) is 4.45. The molecule has 1 aliphatic heterocycles. The molecule has 1 aliphatic rings. The van der Waals surface area contributed by atoms with Crippen LogP contribution in [0.25, 0.3) is 22.4 Å². The van der Waals surface area contributed by atoms with Crippen LogP contribution in [0.3, 0.4) is 0 Å². The lowest BCUT2D eigenvalue weighted by molar-refractivity contribution is -0.115. The van der Waals surface area contributed by atoms with E-state index < -0.39 is 0 Å². The van der Waals surface area contributed by atoms with Crippen LogP contribution in [-0.2, 0) is 4.79 Å². The molecule has 0 fully saturated rings. The third-order valence-electron chi connectivity index (χ3n) is 5.11. The molecule has 2 amide bonds. The Morgan fingerprint density at radius 2 is 1.85 bits per heavy atom. The molecule has 5 rings (SSSR count). The predicted molar refractivity (Wildman–Crippen MR) is 128 cm³/mol. The second-order valence-corrected chi connectivity index (χ2v) is 9.13. The van der Waals surface area contributed by atoms with Gasteiger partial charge in [-0.3, -0.25) is 9.59 Å². The number of carbonyl (C=O) groups is 2. The van der Waals surface area contributed by atoms with Crippen molar-refractivity contribution in [3.05, 3.63) is 53.0 Å². The average molecular weight is 479 g/mol. The molecule has 0 saturated carbocycles. The van der Waals surface area contributed by atoms with E-state index in [1.807, 2.05) is 43.3 Å². The number of anilines is 2. The molecule has 12 heteroatoms. The van der Waals surface area contributed by atoms with E-state index in [2.05, 4.69) is 39.8 Å². The standard InChI is InChI=1S/C21H18N8O2S2/c1-10-17(32-28-26-10)20(30)22-13-5-3-12(4-6-13)19-24-15-8-7-14(9-16(15)25-19)23-21(31)18-11(2)27-29-33-18/h3-10,17H,1-2H3,(H,22,30)(H,23,31)(H,24,25). The highest BCUT2D eigenvalue weighted by molar-refractivity contribution is 7.99. The number of H-pyrrole nitrogens is 1. The van der Waals surface area contributed by atoms with Gasteiger partial charge in [-0.15, -0.1) is 9.62 Å². The minimum atomic E-state index is -0.314. The Morgan fingerprint density at radius 1 is 1.06 bits per heavy atom. The molecular formula is C21H18N8O2S2. The highest BCUT2D eigenvalue weighted by Gasteiger charge is 2.30. The minimum Gasteiger partial charge on any atom is -0.338 e. The fourth-order valence-corrected chi connectivity index (χ4v) is 4.59. The second kappa shape index (κ2) is 8.71. The van der Waals surface area contributed by atoms with Gasteiger partial charge in [0.15, 0.2) is 0 Å². The van der Waals surface area contributed by atoms with Gasteiger partial charge in [-0.1, -0.05) is 4.49 Å². The number of imidazole rings is 1. The Hall–Kier alpha value is -3.64. The first-order valence-electron chi connectivity index (χ1n) is 10.1. The van der Waals surface area contributed by atoms with Gasteiger partial charge in [0.1, 0.15) is 16.0 Å². The maximum atomic E-state index is 12.4. The summed E-state index contributed by atoms with van der Waals surface area (Å²) in [6.07, 6.45) is 0. The number of rotatable bonds is 5. The van der Waals surface area contributed by atoms with Gasteiger partial charge in [-0.2, -0.15) is 5.11 Å². The molecule has 0 spiro atoms. The summed E-state index contributed by atoms with van der Waals surface area (Å²) < 4.78 is 7.66. The van der Waals surface area contributed by atoms with Gasteiger partial charge in [0.2, 0.25) is 5.91 Å². The Labute approximate surface area is 196 Å². The molecule has 3 N–H and O–H groups in total. The van der Waals surface area contributed by atoms with Crippen LogP contribution < -0.4 is 10.6 Å². The summed E-state index contributed by atoms with van der Waals surface area (Å²) in [5.41, 5.74) is 4.37. The van der Waals surface area contributed by atoms with Crippen molar-refractivity contribution >= 4 is 57.7 Å². The second-order valence-electron chi connectivity index (χ2n) is 7.49. The number of aromatic nitrogens is 4. The van der Waals surface area contributed by atoms with Crippen LogP contribution in [0, 0.1) is 6.92 Å². The lowest BCUT2D eigenvalue weighted by Gasteiger charge is -2.11. The molecule has 2 aromatic carbocycles. The summed E-state index contributed by atoms with van der Waals surface area (Å²) >= 11 is 2.25. The SMILES string of the molecule is Cc1nnsc1C(=O)Nc1ccc2nc(-c3ccc(NC(=O)C4SN=NC4C)cc3)[nH]c2c1. The van der Waals surface area contributed by atoms with Crippen molar-refractivity contribution < 1.29 is 9.59 Å². The molecule has 0 saturated heterocycles. The van der Waals surface area contributed by atoms with E-state index >= 15 is 0 Å². The Balaban J connectivity index is 1.30. The zero-order valence-electron chi connectivity index (χ0n) is 17.6. The Bertz CT molecular complexity index is 1380. The third-order valence-corrected chi connectivity index (χ3v) is 6.96. The zero-order valence-corrected chi connectivity index (χ0v) is 19.2. The van der Waals surface area contributed by atoms with Crippen molar-refractivity contribution in [1.29, 1.82) is 0 Å². The molecule has 3 heterocycles. The summed E-state index contributed by atoms with van der Waals surface area (Å²) in [4.78, 5) is 33.2. The van der Waals surface area contributed by atoms with Crippen molar-refractivity contribution in [1.82, 2.24) is 19.6 Å². The van der Waals surface area contributed by atoms with Gasteiger partial charge < -0.3 is 15.6 Å². The molecule has 2 unspecified atom stereocenters. The van der Waals surface area contributed by atoms with Crippen molar-refractivity contribution in [3.8, 4) is 11.4 Å². The minimum absolute atomic E-state index is 0.118. The van der Waals surface area contributed by atoms with Crippen LogP contribution in [-0.4, -0.2) is 42.7 Å².